The summed E-state index contributed by atoms with van der Waals surface area (Å²) in [5.41, 5.74) is 0.363. The standard InChI is InChI=1S/C14H20F3NO/c1-19-11-10-18-9-3-2-4-12-5-7-13(8-6-12)14(15,16)17/h5-8,18H,2-4,9-11H2,1H3. The first-order valence-corrected chi connectivity index (χ1v) is 6.40. The number of ether oxygens (including phenoxy) is 1. The molecule has 0 saturated heterocycles. The highest BCUT2D eigenvalue weighted by atomic mass is 19.4. The van der Waals surface area contributed by atoms with Crippen molar-refractivity contribution in [2.45, 2.75) is 25.4 Å². The molecule has 1 N–H and O–H groups in total. The maximum absolute atomic E-state index is 12.4. The maximum atomic E-state index is 12.4. The number of rotatable bonds is 8. The molecule has 0 aliphatic heterocycles. The van der Waals surface area contributed by atoms with Gasteiger partial charge in [-0.1, -0.05) is 12.1 Å². The van der Waals surface area contributed by atoms with Crippen molar-refractivity contribution in [2.75, 3.05) is 26.8 Å². The number of nitrogens with one attached hydrogen (secondary N) is 1. The molecule has 0 aliphatic rings. The lowest BCUT2D eigenvalue weighted by atomic mass is 10.1. The number of alkyl halides is 3. The molecule has 0 aliphatic carbocycles. The number of methoxy groups -OCH3 is 1. The van der Waals surface area contributed by atoms with Crippen LogP contribution in [0.5, 0.6) is 0 Å². The highest BCUT2D eigenvalue weighted by molar-refractivity contribution is 5.24. The lowest BCUT2D eigenvalue weighted by Crippen LogP contribution is -2.20. The zero-order valence-electron chi connectivity index (χ0n) is 11.1. The van der Waals surface area contributed by atoms with E-state index in [4.69, 9.17) is 4.74 Å². The van der Waals surface area contributed by atoms with Crippen molar-refractivity contribution >= 4 is 0 Å². The monoisotopic (exact) mass is 275 g/mol. The predicted molar refractivity (Wildman–Crippen MR) is 69.1 cm³/mol. The number of hydrogen-bond donors (Lipinski definition) is 1. The Morgan fingerprint density at radius 3 is 2.32 bits per heavy atom. The van der Waals surface area contributed by atoms with E-state index in [1.807, 2.05) is 0 Å². The van der Waals surface area contributed by atoms with Crippen LogP contribution in [0.1, 0.15) is 24.0 Å². The van der Waals surface area contributed by atoms with E-state index in [0.717, 1.165) is 50.0 Å². The van der Waals surface area contributed by atoms with Gasteiger partial charge in [-0.3, -0.25) is 0 Å². The minimum absolute atomic E-state index is 0.586. The molecule has 0 saturated carbocycles. The van der Waals surface area contributed by atoms with Gasteiger partial charge in [-0.05, 0) is 43.5 Å². The second kappa shape index (κ2) is 8.17. The van der Waals surface area contributed by atoms with Gasteiger partial charge in [0, 0.05) is 13.7 Å². The van der Waals surface area contributed by atoms with E-state index in [1.165, 1.54) is 0 Å². The molecule has 108 valence electrons. The molecule has 0 bridgehead atoms. The van der Waals surface area contributed by atoms with E-state index in [1.54, 1.807) is 19.2 Å². The third kappa shape index (κ3) is 6.59. The minimum Gasteiger partial charge on any atom is -0.383 e. The smallest absolute Gasteiger partial charge is 0.383 e. The Kier molecular flexibility index (Phi) is 6.87. The molecule has 0 fully saturated rings. The van der Waals surface area contributed by atoms with Crippen molar-refractivity contribution in [3.63, 3.8) is 0 Å². The lowest BCUT2D eigenvalue weighted by Gasteiger charge is -2.08. The SMILES string of the molecule is COCCNCCCCc1ccc(C(F)(F)F)cc1. The summed E-state index contributed by atoms with van der Waals surface area (Å²) in [5, 5.41) is 3.23. The summed E-state index contributed by atoms with van der Waals surface area (Å²) in [4.78, 5) is 0. The van der Waals surface area contributed by atoms with E-state index in [2.05, 4.69) is 5.32 Å². The Morgan fingerprint density at radius 1 is 1.05 bits per heavy atom. The predicted octanol–water partition coefficient (Wildman–Crippen LogP) is 3.26. The first-order chi connectivity index (χ1) is 9.04. The van der Waals surface area contributed by atoms with Crippen LogP contribution in [0.25, 0.3) is 0 Å². The molecule has 2 nitrogen and oxygen atoms in total. The van der Waals surface area contributed by atoms with Gasteiger partial charge in [0.1, 0.15) is 0 Å². The van der Waals surface area contributed by atoms with Gasteiger partial charge in [-0.15, -0.1) is 0 Å². The Balaban J connectivity index is 2.20. The van der Waals surface area contributed by atoms with Crippen LogP contribution in [0.2, 0.25) is 0 Å². The summed E-state index contributed by atoms with van der Waals surface area (Å²) >= 11 is 0. The molecule has 0 unspecified atom stereocenters. The number of halogens is 3. The Morgan fingerprint density at radius 2 is 1.74 bits per heavy atom. The van der Waals surface area contributed by atoms with E-state index >= 15 is 0 Å². The normalized spacial score (nSPS) is 11.8. The van der Waals surface area contributed by atoms with E-state index < -0.39 is 11.7 Å². The van der Waals surface area contributed by atoms with Gasteiger partial charge in [0.05, 0.1) is 12.2 Å². The molecule has 0 spiro atoms. The molecular weight excluding hydrogens is 255 g/mol. The summed E-state index contributed by atoms with van der Waals surface area (Å²) in [7, 11) is 1.66. The Bertz CT molecular complexity index is 349. The van der Waals surface area contributed by atoms with Crippen LogP contribution in [0.15, 0.2) is 24.3 Å². The van der Waals surface area contributed by atoms with Crippen LogP contribution in [0.3, 0.4) is 0 Å². The van der Waals surface area contributed by atoms with Crippen LogP contribution in [0, 0.1) is 0 Å². The number of hydrogen-bond acceptors (Lipinski definition) is 2. The zero-order valence-corrected chi connectivity index (χ0v) is 11.1. The molecule has 1 rings (SSSR count). The maximum Gasteiger partial charge on any atom is 0.416 e. The molecule has 19 heavy (non-hydrogen) atoms. The second-order valence-electron chi connectivity index (χ2n) is 4.39. The molecule has 0 atom stereocenters. The zero-order chi connectivity index (χ0) is 14.1. The van der Waals surface area contributed by atoms with Crippen LogP contribution in [-0.2, 0) is 17.3 Å². The van der Waals surface area contributed by atoms with Gasteiger partial charge in [0.25, 0.3) is 0 Å². The topological polar surface area (TPSA) is 21.3 Å². The number of unbranched alkanes of at least 4 members (excludes halogenated alkanes) is 1. The van der Waals surface area contributed by atoms with E-state index in [9.17, 15) is 13.2 Å². The molecule has 0 radical (unpaired) electrons. The molecule has 5 heteroatoms. The van der Waals surface area contributed by atoms with Gasteiger partial charge >= 0.3 is 6.18 Å². The van der Waals surface area contributed by atoms with Gasteiger partial charge in [-0.2, -0.15) is 13.2 Å². The van der Waals surface area contributed by atoms with Crippen molar-refractivity contribution in [2.24, 2.45) is 0 Å². The van der Waals surface area contributed by atoms with Crippen molar-refractivity contribution < 1.29 is 17.9 Å². The summed E-state index contributed by atoms with van der Waals surface area (Å²) in [6.45, 7) is 2.43. The van der Waals surface area contributed by atoms with Gasteiger partial charge in [-0.25, -0.2) is 0 Å². The first kappa shape index (κ1) is 16.0. The van der Waals surface area contributed by atoms with Crippen molar-refractivity contribution in [1.82, 2.24) is 5.32 Å². The Labute approximate surface area is 112 Å². The number of benzene rings is 1. The average molecular weight is 275 g/mol. The highest BCUT2D eigenvalue weighted by Crippen LogP contribution is 2.29. The fourth-order valence-electron chi connectivity index (χ4n) is 1.74. The van der Waals surface area contributed by atoms with Crippen LogP contribution in [-0.4, -0.2) is 26.8 Å². The van der Waals surface area contributed by atoms with Crippen molar-refractivity contribution in [1.29, 1.82) is 0 Å². The fraction of sp³-hybridized carbons (Fsp3) is 0.571. The van der Waals surface area contributed by atoms with Gasteiger partial charge in [0.15, 0.2) is 0 Å². The fourth-order valence-corrected chi connectivity index (χ4v) is 1.74. The van der Waals surface area contributed by atoms with Crippen LogP contribution < -0.4 is 5.32 Å². The summed E-state index contributed by atoms with van der Waals surface area (Å²) < 4.78 is 42.0. The Hall–Kier alpha value is -1.07. The van der Waals surface area contributed by atoms with E-state index in [0.29, 0.717) is 6.61 Å². The van der Waals surface area contributed by atoms with Gasteiger partial charge < -0.3 is 10.1 Å². The van der Waals surface area contributed by atoms with Crippen molar-refractivity contribution in [3.05, 3.63) is 35.4 Å². The van der Waals surface area contributed by atoms with Crippen LogP contribution >= 0.6 is 0 Å². The van der Waals surface area contributed by atoms with Gasteiger partial charge in [0.2, 0.25) is 0 Å². The third-order valence-electron chi connectivity index (χ3n) is 2.83. The average Bonchev–Trinajstić information content (AvgIpc) is 2.37. The third-order valence-corrected chi connectivity index (χ3v) is 2.83. The first-order valence-electron chi connectivity index (χ1n) is 6.40. The van der Waals surface area contributed by atoms with Crippen molar-refractivity contribution in [3.8, 4) is 0 Å². The molecule has 1 aromatic carbocycles. The molecule has 1 aromatic rings. The highest BCUT2D eigenvalue weighted by Gasteiger charge is 2.29. The molecule has 0 heterocycles. The van der Waals surface area contributed by atoms with E-state index in [-0.39, 0.29) is 0 Å². The molecule has 0 amide bonds. The number of aryl methyl sites for hydroxylation is 1. The van der Waals surface area contributed by atoms with Crippen LogP contribution in [0.4, 0.5) is 13.2 Å². The second-order valence-corrected chi connectivity index (χ2v) is 4.39. The summed E-state index contributed by atoms with van der Waals surface area (Å²) in [6, 6.07) is 5.40. The summed E-state index contributed by atoms with van der Waals surface area (Å²) in [6.07, 6.45) is -1.47. The molecular formula is C14H20F3NO. The molecule has 0 aromatic heterocycles. The quantitative estimate of drug-likeness (QED) is 0.735. The minimum atomic E-state index is -4.25. The largest absolute Gasteiger partial charge is 0.416 e. The summed E-state index contributed by atoms with van der Waals surface area (Å²) in [5.74, 6) is 0. The lowest BCUT2D eigenvalue weighted by molar-refractivity contribution is -0.137.